The Morgan fingerprint density at radius 1 is 0.594 bits per heavy atom. The first kappa shape index (κ1) is 24.0. The predicted octanol–water partition coefficient (Wildman–Crippen LogP) is -1.06. The van der Waals surface area contributed by atoms with Crippen molar-refractivity contribution in [1.82, 2.24) is 41.7 Å². The number of imide groups is 2. The van der Waals surface area contributed by atoms with Gasteiger partial charge < -0.3 is 31.9 Å². The summed E-state index contributed by atoms with van der Waals surface area (Å²) in [6.45, 7) is 0. The van der Waals surface area contributed by atoms with Gasteiger partial charge in [0.2, 0.25) is 18.0 Å². The molecule has 168 valence electrons. The van der Waals surface area contributed by atoms with Crippen LogP contribution in [0.15, 0.2) is 0 Å². The van der Waals surface area contributed by atoms with E-state index in [9.17, 15) is 28.8 Å². The van der Waals surface area contributed by atoms with Crippen LogP contribution < -0.4 is 31.9 Å². The molecular weight excluding hydrogens is 700 g/mol. The molecule has 4 aliphatic heterocycles. The second kappa shape index (κ2) is 7.43. The molecule has 32 heavy (non-hydrogen) atoms. The highest BCUT2D eigenvalue weighted by Gasteiger charge is 2.68. The summed E-state index contributed by atoms with van der Waals surface area (Å²) in [5.74, 6) is -1.79. The molecule has 4 heterocycles. The number of hydrogen-bond donors (Lipinski definition) is 6. The third-order valence-electron chi connectivity index (χ3n) is 4.25. The zero-order chi connectivity index (χ0) is 24.3. The summed E-state index contributed by atoms with van der Waals surface area (Å²) in [6.07, 6.45) is 2.83. The highest BCUT2D eigenvalue weighted by molar-refractivity contribution is 9.13. The molecule has 4 atom stereocenters. The number of alkyl halides is 4. The lowest BCUT2D eigenvalue weighted by atomic mass is 10.2. The Morgan fingerprint density at radius 2 is 0.906 bits per heavy atom. The van der Waals surface area contributed by atoms with Crippen LogP contribution in [0.5, 0.6) is 0 Å². The summed E-state index contributed by atoms with van der Waals surface area (Å²) in [4.78, 5) is 69.4. The van der Waals surface area contributed by atoms with E-state index in [2.05, 4.69) is 95.6 Å². The van der Waals surface area contributed by atoms with Gasteiger partial charge in [-0.2, -0.15) is 20.3 Å². The maximum absolute atomic E-state index is 11.8. The van der Waals surface area contributed by atoms with Gasteiger partial charge in [-0.15, -0.1) is 0 Å². The Hall–Kier alpha value is -2.68. The molecular formula is C12H6Br4N10O6. The van der Waals surface area contributed by atoms with Gasteiger partial charge in [-0.25, -0.2) is 19.2 Å². The highest BCUT2D eigenvalue weighted by atomic mass is 79.9. The molecule has 4 fully saturated rings. The molecule has 16 nitrogen and oxygen atoms in total. The van der Waals surface area contributed by atoms with Crippen molar-refractivity contribution >= 4 is 99.7 Å². The molecule has 20 heteroatoms. The monoisotopic (exact) mass is 702 g/mol. The number of nitrogens with one attached hydrogen (secondary N) is 6. The quantitative estimate of drug-likeness (QED) is 0.103. The lowest BCUT2D eigenvalue weighted by Gasteiger charge is -2.40. The average molecular weight is 706 g/mol. The Kier molecular flexibility index (Phi) is 5.57. The predicted molar refractivity (Wildman–Crippen MR) is 112 cm³/mol. The first-order chi connectivity index (χ1) is 14.7. The zero-order valence-electron chi connectivity index (χ0n) is 14.8. The summed E-state index contributed by atoms with van der Waals surface area (Å²) in [7, 11) is 0. The molecule has 0 aliphatic carbocycles. The number of hydrogen-bond acceptors (Lipinski definition) is 8. The van der Waals surface area contributed by atoms with Crippen LogP contribution in [0.3, 0.4) is 0 Å². The second-order valence-electron chi connectivity index (χ2n) is 6.13. The smallest absolute Gasteiger partial charge is 0.310 e. The molecule has 0 spiro atoms. The van der Waals surface area contributed by atoms with Gasteiger partial charge in [0.15, 0.2) is 12.4 Å². The summed E-state index contributed by atoms with van der Waals surface area (Å²) in [5.41, 5.74) is 0. The number of carbonyl (C=O) groups is 6. The Balaban J connectivity index is 0.000000181. The Morgan fingerprint density at radius 3 is 1.19 bits per heavy atom. The number of halogens is 4. The lowest BCUT2D eigenvalue weighted by molar-refractivity contribution is -0.131. The third kappa shape index (κ3) is 3.17. The van der Waals surface area contributed by atoms with Crippen molar-refractivity contribution in [1.29, 1.82) is 10.5 Å². The number of fused-ring (bicyclic) bond motifs is 2. The molecule has 0 bridgehead atoms. The maximum atomic E-state index is 11.8. The Bertz CT molecular complexity index is 1010. The van der Waals surface area contributed by atoms with Gasteiger partial charge in [0.05, 0.1) is 0 Å². The van der Waals surface area contributed by atoms with E-state index in [4.69, 9.17) is 10.5 Å². The van der Waals surface area contributed by atoms with E-state index < -0.39 is 54.0 Å². The minimum atomic E-state index is -1.64. The van der Waals surface area contributed by atoms with Crippen molar-refractivity contribution in [3.8, 4) is 12.4 Å². The van der Waals surface area contributed by atoms with Crippen LogP contribution in [0, 0.1) is 22.9 Å². The molecule has 4 rings (SSSR count). The fraction of sp³-hybridized carbons (Fsp3) is 0.333. The first-order valence-corrected chi connectivity index (χ1v) is 10.9. The van der Waals surface area contributed by atoms with E-state index >= 15 is 0 Å². The van der Waals surface area contributed by atoms with E-state index in [0.717, 1.165) is 0 Å². The molecule has 10 amide bonds. The highest BCUT2D eigenvalue weighted by Crippen LogP contribution is 2.41. The summed E-state index contributed by atoms with van der Waals surface area (Å²) < 4.78 is -6.28. The van der Waals surface area contributed by atoms with Gasteiger partial charge in [0, 0.05) is 0 Å². The molecule has 0 aromatic carbocycles. The number of nitriles is 2. The van der Waals surface area contributed by atoms with Gasteiger partial charge in [-0.1, -0.05) is 0 Å². The van der Waals surface area contributed by atoms with Crippen molar-refractivity contribution in [2.75, 3.05) is 0 Å². The van der Waals surface area contributed by atoms with Crippen molar-refractivity contribution < 1.29 is 28.8 Å². The minimum absolute atomic E-state index is 0.307. The number of rotatable bonds is 0. The Labute approximate surface area is 210 Å². The molecule has 0 saturated carbocycles. The van der Waals surface area contributed by atoms with Crippen molar-refractivity contribution in [3.63, 3.8) is 0 Å². The van der Waals surface area contributed by atoms with Gasteiger partial charge in [-0.05, 0) is 63.7 Å². The van der Waals surface area contributed by atoms with Gasteiger partial charge in [0.1, 0.15) is 0 Å². The van der Waals surface area contributed by atoms with Gasteiger partial charge in [0.25, 0.3) is 11.8 Å². The topological polar surface area (TPSA) is 229 Å². The molecule has 4 aliphatic rings. The minimum Gasteiger partial charge on any atom is -0.310 e. The van der Waals surface area contributed by atoms with E-state index in [1.165, 1.54) is 12.4 Å². The molecule has 4 saturated heterocycles. The van der Waals surface area contributed by atoms with Crippen LogP contribution in [-0.2, 0) is 9.59 Å². The van der Waals surface area contributed by atoms with Crippen molar-refractivity contribution in [2.24, 2.45) is 0 Å². The number of urea groups is 4. The van der Waals surface area contributed by atoms with Crippen LogP contribution in [0.25, 0.3) is 0 Å². The van der Waals surface area contributed by atoms with Crippen molar-refractivity contribution in [3.05, 3.63) is 0 Å². The van der Waals surface area contributed by atoms with Gasteiger partial charge in [-0.3, -0.25) is 9.59 Å². The fourth-order valence-corrected chi connectivity index (χ4v) is 5.10. The number of nitrogens with zero attached hydrogens (tertiary/aromatic N) is 4. The number of amides is 10. The lowest BCUT2D eigenvalue weighted by Crippen LogP contribution is -2.74. The fourth-order valence-electron chi connectivity index (χ4n) is 2.75. The molecule has 4 unspecified atom stereocenters. The molecule has 0 radical (unpaired) electrons. The van der Waals surface area contributed by atoms with Crippen LogP contribution >= 0.6 is 63.7 Å². The summed E-state index contributed by atoms with van der Waals surface area (Å²) >= 11 is 12.0. The standard InChI is InChI=1S/2C6H3Br2N5O3/c2*7-5-2(14)13(1-9)4(16)12-6(5,8)11-3(15)10-5/h2*(H,12,16)(H2,10,11,15). The maximum Gasteiger partial charge on any atom is 0.340 e. The van der Waals surface area contributed by atoms with E-state index in [-0.39, 0.29) is 0 Å². The molecule has 0 aromatic heterocycles. The molecule has 0 aromatic rings. The second-order valence-corrected chi connectivity index (χ2v) is 10.9. The van der Waals surface area contributed by atoms with Crippen LogP contribution in [0.2, 0.25) is 0 Å². The normalized spacial score (nSPS) is 37.1. The van der Waals surface area contributed by atoms with E-state index in [0.29, 0.717) is 9.80 Å². The van der Waals surface area contributed by atoms with E-state index in [1.54, 1.807) is 0 Å². The van der Waals surface area contributed by atoms with Gasteiger partial charge >= 0.3 is 24.1 Å². The SMILES string of the molecule is N#CN1C(=O)NC2(Br)NC(=O)NC2(Br)C1=O.N#CN1C(=O)NC2(Br)NC(=O)NC2(Br)C1=O. The largest absolute Gasteiger partial charge is 0.340 e. The average Bonchev–Trinajstić information content (AvgIpc) is 3.04. The van der Waals surface area contributed by atoms with Crippen LogP contribution in [-0.4, -0.2) is 63.8 Å². The zero-order valence-corrected chi connectivity index (χ0v) is 21.1. The number of carbonyl (C=O) groups excluding carboxylic acids is 6. The van der Waals surface area contributed by atoms with E-state index in [1.807, 2.05) is 0 Å². The third-order valence-corrected chi connectivity index (χ3v) is 9.56. The summed E-state index contributed by atoms with van der Waals surface area (Å²) in [6, 6.07) is -3.18. The van der Waals surface area contributed by atoms with Crippen LogP contribution in [0.4, 0.5) is 19.2 Å². The molecule has 6 N–H and O–H groups in total. The summed E-state index contributed by atoms with van der Waals surface area (Å²) in [5, 5.41) is 31.0. The van der Waals surface area contributed by atoms with Crippen LogP contribution in [0.1, 0.15) is 0 Å². The first-order valence-electron chi connectivity index (χ1n) is 7.77. The van der Waals surface area contributed by atoms with Crippen molar-refractivity contribution in [2.45, 2.75) is 18.0 Å².